The number of hydrogen-bond donors (Lipinski definition) is 0. The Morgan fingerprint density at radius 1 is 1.23 bits per heavy atom. The first-order chi connectivity index (χ1) is 10.6. The summed E-state index contributed by atoms with van der Waals surface area (Å²) in [5, 5.41) is 0.0631. The normalized spacial score (nSPS) is 17.9. The van der Waals surface area contributed by atoms with Crippen LogP contribution in [0.15, 0.2) is 24.3 Å². The maximum atomic E-state index is 12.3. The lowest BCUT2D eigenvalue weighted by molar-refractivity contribution is -0.130. The molecule has 1 heterocycles. The number of benzene rings is 1. The Balaban J connectivity index is 1.88. The van der Waals surface area contributed by atoms with E-state index >= 15 is 0 Å². The number of nitrogens with zero attached hydrogens (tertiary/aromatic N) is 2. The SMILES string of the molecule is COc1ccc(CN2CCCN(C(=O)[C@@H](C)SC)CC2)cc1. The standard InChI is InChI=1S/C17H26N2O2S/c1-14(22-3)17(20)19-10-4-9-18(11-12-19)13-15-5-7-16(21-2)8-6-15/h5-8,14H,4,9-13H2,1-3H3/t14-/m1/s1. The van der Waals surface area contributed by atoms with Crippen LogP contribution >= 0.6 is 11.8 Å². The molecule has 22 heavy (non-hydrogen) atoms. The van der Waals surface area contributed by atoms with Crippen LogP contribution in [-0.4, -0.2) is 60.5 Å². The van der Waals surface area contributed by atoms with E-state index in [-0.39, 0.29) is 11.2 Å². The van der Waals surface area contributed by atoms with E-state index in [9.17, 15) is 4.79 Å². The van der Waals surface area contributed by atoms with Crippen LogP contribution in [0.1, 0.15) is 18.9 Å². The molecule has 1 aromatic carbocycles. The molecule has 0 bridgehead atoms. The summed E-state index contributed by atoms with van der Waals surface area (Å²) in [5.41, 5.74) is 1.29. The van der Waals surface area contributed by atoms with Crippen molar-refractivity contribution in [3.05, 3.63) is 29.8 Å². The summed E-state index contributed by atoms with van der Waals surface area (Å²) in [6.45, 7) is 6.63. The van der Waals surface area contributed by atoms with Crippen molar-refractivity contribution in [1.82, 2.24) is 9.80 Å². The van der Waals surface area contributed by atoms with E-state index in [1.165, 1.54) is 5.56 Å². The number of carbonyl (C=O) groups is 1. The highest BCUT2D eigenvalue weighted by atomic mass is 32.2. The maximum Gasteiger partial charge on any atom is 0.235 e. The third-order valence-electron chi connectivity index (χ3n) is 4.17. The summed E-state index contributed by atoms with van der Waals surface area (Å²) >= 11 is 1.62. The molecule has 5 heteroatoms. The zero-order chi connectivity index (χ0) is 15.9. The molecule has 0 aliphatic carbocycles. The number of methoxy groups -OCH3 is 1. The Hall–Kier alpha value is -1.20. The number of hydrogen-bond acceptors (Lipinski definition) is 4. The van der Waals surface area contributed by atoms with Gasteiger partial charge in [0.2, 0.25) is 5.91 Å². The van der Waals surface area contributed by atoms with Crippen molar-refractivity contribution in [2.75, 3.05) is 39.5 Å². The Morgan fingerprint density at radius 3 is 2.59 bits per heavy atom. The molecule has 0 spiro atoms. The van der Waals surface area contributed by atoms with Gasteiger partial charge in [0.15, 0.2) is 0 Å². The topological polar surface area (TPSA) is 32.8 Å². The summed E-state index contributed by atoms with van der Waals surface area (Å²) in [4.78, 5) is 16.7. The Labute approximate surface area is 137 Å². The number of carbonyl (C=O) groups excluding carboxylic acids is 1. The van der Waals surface area contributed by atoms with E-state index < -0.39 is 0 Å². The summed E-state index contributed by atoms with van der Waals surface area (Å²) < 4.78 is 5.19. The first-order valence-electron chi connectivity index (χ1n) is 7.81. The summed E-state index contributed by atoms with van der Waals surface area (Å²) in [6.07, 6.45) is 3.04. The molecule has 122 valence electrons. The molecule has 1 aromatic rings. The largest absolute Gasteiger partial charge is 0.497 e. The van der Waals surface area contributed by atoms with Crippen LogP contribution < -0.4 is 4.74 Å². The predicted molar refractivity (Wildman–Crippen MR) is 92.4 cm³/mol. The fraction of sp³-hybridized carbons (Fsp3) is 0.588. The van der Waals surface area contributed by atoms with Gasteiger partial charge >= 0.3 is 0 Å². The minimum atomic E-state index is 0.0631. The highest BCUT2D eigenvalue weighted by Gasteiger charge is 2.22. The van der Waals surface area contributed by atoms with Gasteiger partial charge in [-0.2, -0.15) is 11.8 Å². The zero-order valence-electron chi connectivity index (χ0n) is 13.7. The van der Waals surface area contributed by atoms with Gasteiger partial charge in [-0.05, 0) is 37.3 Å². The van der Waals surface area contributed by atoms with Crippen molar-refractivity contribution >= 4 is 17.7 Å². The van der Waals surface area contributed by atoms with Gasteiger partial charge in [-0.3, -0.25) is 9.69 Å². The molecule has 0 radical (unpaired) electrons. The van der Waals surface area contributed by atoms with Crippen LogP contribution in [0.25, 0.3) is 0 Å². The van der Waals surface area contributed by atoms with E-state index in [0.717, 1.165) is 44.9 Å². The second-order valence-electron chi connectivity index (χ2n) is 5.68. The summed E-state index contributed by atoms with van der Waals surface area (Å²) in [7, 11) is 1.69. The van der Waals surface area contributed by atoms with Crippen molar-refractivity contribution in [2.45, 2.75) is 25.1 Å². The molecule has 0 saturated carbocycles. The quantitative estimate of drug-likeness (QED) is 0.834. The van der Waals surface area contributed by atoms with Crippen molar-refractivity contribution in [1.29, 1.82) is 0 Å². The van der Waals surface area contributed by atoms with Gasteiger partial charge in [0.05, 0.1) is 12.4 Å². The van der Waals surface area contributed by atoms with Gasteiger partial charge in [0.25, 0.3) is 0 Å². The van der Waals surface area contributed by atoms with Crippen LogP contribution in [0.3, 0.4) is 0 Å². The van der Waals surface area contributed by atoms with Gasteiger partial charge in [-0.1, -0.05) is 12.1 Å². The van der Waals surface area contributed by atoms with E-state index in [2.05, 4.69) is 17.0 Å². The monoisotopic (exact) mass is 322 g/mol. The fourth-order valence-corrected chi connectivity index (χ4v) is 3.05. The maximum absolute atomic E-state index is 12.3. The smallest absolute Gasteiger partial charge is 0.235 e. The van der Waals surface area contributed by atoms with Crippen molar-refractivity contribution in [3.8, 4) is 5.75 Å². The minimum absolute atomic E-state index is 0.0631. The number of thioether (sulfide) groups is 1. The molecule has 0 unspecified atom stereocenters. The third-order valence-corrected chi connectivity index (χ3v) is 5.08. The second-order valence-corrected chi connectivity index (χ2v) is 6.86. The van der Waals surface area contributed by atoms with E-state index in [1.54, 1.807) is 18.9 Å². The zero-order valence-corrected chi connectivity index (χ0v) is 14.6. The van der Waals surface area contributed by atoms with Crippen LogP contribution in [0.5, 0.6) is 5.75 Å². The second kappa shape index (κ2) is 8.44. The van der Waals surface area contributed by atoms with E-state index in [4.69, 9.17) is 4.74 Å². The molecule has 1 fully saturated rings. The van der Waals surface area contributed by atoms with Crippen LogP contribution in [-0.2, 0) is 11.3 Å². The highest BCUT2D eigenvalue weighted by molar-refractivity contribution is 7.99. The summed E-state index contributed by atoms with van der Waals surface area (Å²) in [6, 6.07) is 8.23. The molecular formula is C17H26N2O2S. The van der Waals surface area contributed by atoms with Crippen LogP contribution in [0.4, 0.5) is 0 Å². The van der Waals surface area contributed by atoms with Gasteiger partial charge in [-0.25, -0.2) is 0 Å². The van der Waals surface area contributed by atoms with Gasteiger partial charge in [0.1, 0.15) is 5.75 Å². The van der Waals surface area contributed by atoms with E-state index in [1.807, 2.05) is 30.2 Å². The highest BCUT2D eigenvalue weighted by Crippen LogP contribution is 2.16. The fourth-order valence-electron chi connectivity index (χ4n) is 2.70. The van der Waals surface area contributed by atoms with Crippen LogP contribution in [0, 0.1) is 0 Å². The predicted octanol–water partition coefficient (Wildman–Crippen LogP) is 2.48. The minimum Gasteiger partial charge on any atom is -0.497 e. The Bertz CT molecular complexity index is 478. The molecule has 1 aliphatic heterocycles. The molecular weight excluding hydrogens is 296 g/mol. The molecule has 1 atom stereocenters. The van der Waals surface area contributed by atoms with E-state index in [0.29, 0.717) is 0 Å². The first-order valence-corrected chi connectivity index (χ1v) is 9.09. The lowest BCUT2D eigenvalue weighted by Crippen LogP contribution is -2.39. The third kappa shape index (κ3) is 4.65. The van der Waals surface area contributed by atoms with Gasteiger partial charge in [0, 0.05) is 32.7 Å². The van der Waals surface area contributed by atoms with Crippen molar-refractivity contribution in [3.63, 3.8) is 0 Å². The number of rotatable bonds is 5. The number of amides is 1. The molecule has 1 amide bonds. The molecule has 1 aliphatic rings. The lowest BCUT2D eigenvalue weighted by Gasteiger charge is -2.24. The average Bonchev–Trinajstić information content (AvgIpc) is 2.79. The lowest BCUT2D eigenvalue weighted by atomic mass is 10.2. The molecule has 0 aromatic heterocycles. The molecule has 0 N–H and O–H groups in total. The van der Waals surface area contributed by atoms with Crippen molar-refractivity contribution in [2.24, 2.45) is 0 Å². The molecule has 1 saturated heterocycles. The number of ether oxygens (including phenoxy) is 1. The first kappa shape index (κ1) is 17.2. The molecule has 2 rings (SSSR count). The van der Waals surface area contributed by atoms with Gasteiger partial charge < -0.3 is 9.64 Å². The molecule has 4 nitrogen and oxygen atoms in total. The average molecular weight is 322 g/mol. The van der Waals surface area contributed by atoms with Crippen molar-refractivity contribution < 1.29 is 9.53 Å². The Morgan fingerprint density at radius 2 is 1.95 bits per heavy atom. The van der Waals surface area contributed by atoms with Crippen LogP contribution in [0.2, 0.25) is 0 Å². The Kier molecular flexibility index (Phi) is 6.58. The van der Waals surface area contributed by atoms with Gasteiger partial charge in [-0.15, -0.1) is 0 Å². The summed E-state index contributed by atoms with van der Waals surface area (Å²) in [5.74, 6) is 1.17.